The fourth-order valence-electron chi connectivity index (χ4n) is 2.21. The molecule has 1 aromatic carbocycles. The molecule has 2 N–H and O–H groups in total. The molecule has 5 heteroatoms. The summed E-state index contributed by atoms with van der Waals surface area (Å²) in [6.45, 7) is 1.25. The molecule has 1 unspecified atom stereocenters. The summed E-state index contributed by atoms with van der Waals surface area (Å²) in [7, 11) is 0. The van der Waals surface area contributed by atoms with Crippen molar-refractivity contribution in [2.45, 2.75) is 18.9 Å². The van der Waals surface area contributed by atoms with Gasteiger partial charge in [0.2, 0.25) is 0 Å². The lowest BCUT2D eigenvalue weighted by atomic mass is 10.0. The number of aliphatic hydroxyl groups is 1. The Morgan fingerprint density at radius 2 is 2.00 bits per heavy atom. The maximum Gasteiger partial charge on any atom is 0.159 e. The molecular weight excluding hydrogens is 268 g/mol. The molecule has 1 heterocycles. The molecule has 1 saturated heterocycles. The van der Waals surface area contributed by atoms with Gasteiger partial charge in [-0.2, -0.15) is 11.8 Å². The van der Waals surface area contributed by atoms with Gasteiger partial charge in [0, 0.05) is 6.54 Å². The molecule has 2 nitrogen and oxygen atoms in total. The molecule has 0 spiro atoms. The summed E-state index contributed by atoms with van der Waals surface area (Å²) in [4.78, 5) is 0. The molecule has 1 aliphatic heterocycles. The topological polar surface area (TPSA) is 32.3 Å². The van der Waals surface area contributed by atoms with Gasteiger partial charge in [-0.1, -0.05) is 6.07 Å². The van der Waals surface area contributed by atoms with E-state index >= 15 is 0 Å². The van der Waals surface area contributed by atoms with E-state index in [1.54, 1.807) is 0 Å². The molecule has 1 atom stereocenters. The predicted octanol–water partition coefficient (Wildman–Crippen LogP) is 2.73. The smallest absolute Gasteiger partial charge is 0.159 e. The van der Waals surface area contributed by atoms with Crippen molar-refractivity contribution in [3.05, 3.63) is 35.4 Å². The van der Waals surface area contributed by atoms with Crippen LogP contribution >= 0.6 is 11.8 Å². The second kappa shape index (κ2) is 7.22. The first-order chi connectivity index (χ1) is 9.16. The van der Waals surface area contributed by atoms with Crippen LogP contribution in [0.5, 0.6) is 0 Å². The monoisotopic (exact) mass is 287 g/mol. The van der Waals surface area contributed by atoms with E-state index in [4.69, 9.17) is 0 Å². The molecule has 106 valence electrons. The Balaban J connectivity index is 1.76. The van der Waals surface area contributed by atoms with Crippen LogP contribution in [0, 0.1) is 17.6 Å². The van der Waals surface area contributed by atoms with Crippen LogP contribution in [-0.4, -0.2) is 29.7 Å². The molecule has 0 radical (unpaired) electrons. The quantitative estimate of drug-likeness (QED) is 0.873. The second-order valence-electron chi connectivity index (χ2n) is 4.90. The van der Waals surface area contributed by atoms with Gasteiger partial charge in [0.25, 0.3) is 0 Å². The molecule has 0 saturated carbocycles. The average molecular weight is 287 g/mol. The molecule has 1 fully saturated rings. The molecule has 0 bridgehead atoms. The van der Waals surface area contributed by atoms with E-state index in [1.165, 1.54) is 30.4 Å². The molecule has 19 heavy (non-hydrogen) atoms. The Hall–Kier alpha value is -0.650. The highest BCUT2D eigenvalue weighted by Crippen LogP contribution is 2.22. The van der Waals surface area contributed by atoms with Crippen molar-refractivity contribution in [3.8, 4) is 0 Å². The van der Waals surface area contributed by atoms with E-state index in [2.05, 4.69) is 5.32 Å². The lowest BCUT2D eigenvalue weighted by Crippen LogP contribution is -2.29. The normalized spacial score (nSPS) is 18.5. The summed E-state index contributed by atoms with van der Waals surface area (Å²) in [6.07, 6.45) is 1.62. The molecule has 2 rings (SSSR count). The van der Waals surface area contributed by atoms with Crippen molar-refractivity contribution in [1.29, 1.82) is 0 Å². The zero-order valence-electron chi connectivity index (χ0n) is 10.7. The first kappa shape index (κ1) is 14.8. The van der Waals surface area contributed by atoms with E-state index in [1.807, 2.05) is 11.8 Å². The van der Waals surface area contributed by atoms with Crippen molar-refractivity contribution in [2.24, 2.45) is 5.92 Å². The molecule has 1 aromatic rings. The average Bonchev–Trinajstić information content (AvgIpc) is 2.43. The minimum absolute atomic E-state index is 0.370. The van der Waals surface area contributed by atoms with Crippen LogP contribution < -0.4 is 5.32 Å². The van der Waals surface area contributed by atoms with Gasteiger partial charge in [-0.15, -0.1) is 0 Å². The third-order valence-electron chi connectivity index (χ3n) is 3.44. The molecule has 0 amide bonds. The van der Waals surface area contributed by atoms with Crippen molar-refractivity contribution in [1.82, 2.24) is 5.32 Å². The maximum absolute atomic E-state index is 13.0. The number of halogens is 2. The summed E-state index contributed by atoms with van der Waals surface area (Å²) in [5.74, 6) is 1.28. The molecular formula is C14H19F2NOS. The van der Waals surface area contributed by atoms with Gasteiger partial charge in [0.15, 0.2) is 11.6 Å². The van der Waals surface area contributed by atoms with E-state index in [0.29, 0.717) is 18.0 Å². The van der Waals surface area contributed by atoms with Crippen LogP contribution in [0.1, 0.15) is 24.5 Å². The number of aliphatic hydroxyl groups excluding tert-OH is 1. The van der Waals surface area contributed by atoms with Crippen LogP contribution in [0.15, 0.2) is 18.2 Å². The van der Waals surface area contributed by atoms with Crippen molar-refractivity contribution >= 4 is 11.8 Å². The van der Waals surface area contributed by atoms with E-state index in [-0.39, 0.29) is 0 Å². The standard InChI is InChI=1S/C14H19F2NOS/c15-12-2-1-11(7-13(12)16)14(18)9-17-8-10-3-5-19-6-4-10/h1-2,7,10,14,17-18H,3-6,8-9H2. The summed E-state index contributed by atoms with van der Waals surface area (Å²) < 4.78 is 25.8. The highest BCUT2D eigenvalue weighted by Gasteiger charge is 2.15. The lowest BCUT2D eigenvalue weighted by Gasteiger charge is -2.22. The Kier molecular flexibility index (Phi) is 5.60. The third kappa shape index (κ3) is 4.44. The van der Waals surface area contributed by atoms with Gasteiger partial charge in [0.1, 0.15) is 0 Å². The highest BCUT2D eigenvalue weighted by molar-refractivity contribution is 7.99. The Bertz CT molecular complexity index is 410. The fourth-order valence-corrected chi connectivity index (χ4v) is 3.42. The number of nitrogens with one attached hydrogen (secondary N) is 1. The van der Waals surface area contributed by atoms with E-state index < -0.39 is 17.7 Å². The van der Waals surface area contributed by atoms with E-state index in [0.717, 1.165) is 18.7 Å². The number of benzene rings is 1. The lowest BCUT2D eigenvalue weighted by molar-refractivity contribution is 0.171. The molecule has 1 aliphatic rings. The van der Waals surface area contributed by atoms with Gasteiger partial charge in [-0.05, 0) is 54.5 Å². The largest absolute Gasteiger partial charge is 0.387 e. The zero-order valence-corrected chi connectivity index (χ0v) is 11.6. The van der Waals surface area contributed by atoms with Crippen LogP contribution in [0.25, 0.3) is 0 Å². The number of hydrogen-bond acceptors (Lipinski definition) is 3. The summed E-state index contributed by atoms with van der Waals surface area (Å²) in [5.41, 5.74) is 0.408. The van der Waals surface area contributed by atoms with Crippen LogP contribution in [-0.2, 0) is 0 Å². The Labute approximate surface area is 116 Å². The minimum atomic E-state index is -0.916. The molecule has 0 aliphatic carbocycles. The molecule has 0 aromatic heterocycles. The van der Waals surface area contributed by atoms with Crippen molar-refractivity contribution in [3.63, 3.8) is 0 Å². The second-order valence-corrected chi connectivity index (χ2v) is 6.13. The fraction of sp³-hybridized carbons (Fsp3) is 0.571. The van der Waals surface area contributed by atoms with Gasteiger partial charge >= 0.3 is 0 Å². The summed E-state index contributed by atoms with van der Waals surface area (Å²) in [6, 6.07) is 3.52. The van der Waals surface area contributed by atoms with Crippen molar-refractivity contribution < 1.29 is 13.9 Å². The number of rotatable bonds is 5. The van der Waals surface area contributed by atoms with Gasteiger partial charge in [-0.25, -0.2) is 8.78 Å². The Morgan fingerprint density at radius 3 is 2.68 bits per heavy atom. The van der Waals surface area contributed by atoms with Gasteiger partial charge < -0.3 is 10.4 Å². The van der Waals surface area contributed by atoms with Gasteiger partial charge in [-0.3, -0.25) is 0 Å². The first-order valence-electron chi connectivity index (χ1n) is 6.58. The minimum Gasteiger partial charge on any atom is -0.387 e. The van der Waals surface area contributed by atoms with Crippen LogP contribution in [0.4, 0.5) is 8.78 Å². The number of thioether (sulfide) groups is 1. The SMILES string of the molecule is OC(CNCC1CCSCC1)c1ccc(F)c(F)c1. The van der Waals surface area contributed by atoms with Crippen LogP contribution in [0.3, 0.4) is 0 Å². The maximum atomic E-state index is 13.0. The van der Waals surface area contributed by atoms with Crippen LogP contribution in [0.2, 0.25) is 0 Å². The summed E-state index contributed by atoms with van der Waals surface area (Å²) in [5, 5.41) is 13.1. The van der Waals surface area contributed by atoms with Gasteiger partial charge in [0.05, 0.1) is 6.10 Å². The highest BCUT2D eigenvalue weighted by atomic mass is 32.2. The Morgan fingerprint density at radius 1 is 1.26 bits per heavy atom. The summed E-state index contributed by atoms with van der Waals surface area (Å²) >= 11 is 1.98. The van der Waals surface area contributed by atoms with E-state index in [9.17, 15) is 13.9 Å². The zero-order chi connectivity index (χ0) is 13.7. The first-order valence-corrected chi connectivity index (χ1v) is 7.74. The third-order valence-corrected chi connectivity index (χ3v) is 4.49. The van der Waals surface area contributed by atoms with Crippen molar-refractivity contribution in [2.75, 3.05) is 24.6 Å². The predicted molar refractivity (Wildman–Crippen MR) is 74.2 cm³/mol. The number of hydrogen-bond donors (Lipinski definition) is 2.